The maximum absolute atomic E-state index is 10.4. The Morgan fingerprint density at radius 3 is 2.06 bits per heavy atom. The van der Waals surface area contributed by atoms with E-state index in [1.54, 1.807) is 6.08 Å². The van der Waals surface area contributed by atoms with Crippen molar-refractivity contribution in [3.8, 4) is 0 Å². The summed E-state index contributed by atoms with van der Waals surface area (Å²) in [4.78, 5) is 10.4. The quantitative estimate of drug-likeness (QED) is 0.121. The van der Waals surface area contributed by atoms with Crippen molar-refractivity contribution in [3.05, 3.63) is 36.0 Å². The van der Waals surface area contributed by atoms with Crippen molar-refractivity contribution < 1.29 is 18.4 Å². The Labute approximate surface area is 206 Å². The highest BCUT2D eigenvalue weighted by Gasteiger charge is 2.43. The summed E-state index contributed by atoms with van der Waals surface area (Å²) in [6, 6.07) is 0. The van der Waals surface area contributed by atoms with Gasteiger partial charge in [0.25, 0.3) is 0 Å². The topological polar surface area (TPSA) is 44.8 Å². The van der Waals surface area contributed by atoms with Crippen molar-refractivity contribution in [2.75, 3.05) is 13.2 Å². The third-order valence-corrected chi connectivity index (χ3v) is 16.4. The largest absolute Gasteiger partial charge is 0.414 e. The second-order valence-corrected chi connectivity index (χ2v) is 22.2. The lowest BCUT2D eigenvalue weighted by atomic mass is 10.0. The Bertz CT molecular complexity index is 723. The highest BCUT2D eigenvalue weighted by molar-refractivity contribution is 6.74. The molecule has 0 aliphatic carbocycles. The Morgan fingerprint density at radius 2 is 1.52 bits per heavy atom. The molecule has 0 fully saturated rings. The molecular weight excluding hydrogens is 444 g/mol. The van der Waals surface area contributed by atoms with Crippen molar-refractivity contribution in [2.45, 2.75) is 116 Å². The molecule has 0 bridgehead atoms. The van der Waals surface area contributed by atoms with Crippen LogP contribution in [-0.2, 0) is 18.4 Å². The highest BCUT2D eigenvalue weighted by Crippen LogP contribution is 2.40. The molecular formula is C27H50O4Si2. The molecule has 0 aromatic carbocycles. The average Bonchev–Trinajstić information content (AvgIpc) is 2.99. The predicted molar refractivity (Wildman–Crippen MR) is 146 cm³/mol. The monoisotopic (exact) mass is 494 g/mol. The second kappa shape index (κ2) is 11.8. The number of carbonyl (C=O) groups excluding carboxylic acids is 1. The van der Waals surface area contributed by atoms with E-state index < -0.39 is 22.2 Å². The molecule has 0 radical (unpaired) electrons. The standard InChI is InChI=1S/C27H50O4Si2/c1-25(2,3)32(8,9)29-21-24-23(18-16-14-12-13-15-17-19-28)20-27(7,31-24)22-30-33(10,11)26(4,5)6/h15-20,24H,12-14,21-22H2,1-11H3/b17-15+,18-16-/t24-,27-/m1/s1. The molecule has 0 aromatic heterocycles. The Kier molecular flexibility index (Phi) is 10.8. The van der Waals surface area contributed by atoms with E-state index in [0.717, 1.165) is 25.5 Å². The van der Waals surface area contributed by atoms with Crippen molar-refractivity contribution in [2.24, 2.45) is 0 Å². The van der Waals surface area contributed by atoms with Gasteiger partial charge in [-0.2, -0.15) is 0 Å². The first-order valence-electron chi connectivity index (χ1n) is 12.4. The van der Waals surface area contributed by atoms with E-state index in [0.29, 0.717) is 13.2 Å². The molecule has 190 valence electrons. The first-order valence-corrected chi connectivity index (χ1v) is 18.2. The Hall–Kier alpha value is -0.796. The molecule has 33 heavy (non-hydrogen) atoms. The summed E-state index contributed by atoms with van der Waals surface area (Å²) < 4.78 is 19.7. The zero-order valence-electron chi connectivity index (χ0n) is 23.2. The van der Waals surface area contributed by atoms with Crippen LogP contribution >= 0.6 is 0 Å². The lowest BCUT2D eigenvalue weighted by Gasteiger charge is -2.39. The number of hydrogen-bond acceptors (Lipinski definition) is 4. The Morgan fingerprint density at radius 1 is 0.970 bits per heavy atom. The van der Waals surface area contributed by atoms with Crippen LogP contribution < -0.4 is 0 Å². The number of ether oxygens (including phenoxy) is 1. The van der Waals surface area contributed by atoms with Crippen LogP contribution in [0.25, 0.3) is 0 Å². The van der Waals surface area contributed by atoms with Gasteiger partial charge >= 0.3 is 0 Å². The van der Waals surface area contributed by atoms with Gasteiger partial charge in [-0.15, -0.1) is 0 Å². The molecule has 1 aliphatic rings. The fraction of sp³-hybridized carbons (Fsp3) is 0.741. The van der Waals surface area contributed by atoms with Crippen LogP contribution in [0.15, 0.2) is 36.0 Å². The number of rotatable bonds is 12. The fourth-order valence-corrected chi connectivity index (χ4v) is 5.08. The lowest BCUT2D eigenvalue weighted by Crippen LogP contribution is -2.46. The minimum absolute atomic E-state index is 0.0849. The van der Waals surface area contributed by atoms with E-state index in [4.69, 9.17) is 13.6 Å². The minimum Gasteiger partial charge on any atom is -0.414 e. The van der Waals surface area contributed by atoms with E-state index in [1.165, 1.54) is 5.57 Å². The van der Waals surface area contributed by atoms with Crippen LogP contribution in [0.5, 0.6) is 0 Å². The third kappa shape index (κ3) is 9.40. The summed E-state index contributed by atoms with van der Waals surface area (Å²) in [7, 11) is -3.74. The molecule has 2 atom stereocenters. The summed E-state index contributed by atoms with van der Waals surface area (Å²) in [5, 5.41) is 0.326. The first-order chi connectivity index (χ1) is 14.9. The lowest BCUT2D eigenvalue weighted by molar-refractivity contribution is -0.104. The van der Waals surface area contributed by atoms with E-state index in [9.17, 15) is 4.79 Å². The number of aldehydes is 1. The maximum Gasteiger partial charge on any atom is 0.192 e. The highest BCUT2D eigenvalue weighted by atomic mass is 28.4. The van der Waals surface area contributed by atoms with Gasteiger partial charge in [-0.05, 0) is 80.2 Å². The summed E-state index contributed by atoms with van der Waals surface area (Å²) in [5.74, 6) is 0. The van der Waals surface area contributed by atoms with E-state index in [-0.39, 0.29) is 16.2 Å². The van der Waals surface area contributed by atoms with Gasteiger partial charge in [0.05, 0.1) is 13.2 Å². The van der Waals surface area contributed by atoms with Crippen LogP contribution in [0.1, 0.15) is 67.7 Å². The van der Waals surface area contributed by atoms with Crippen LogP contribution in [0.4, 0.5) is 0 Å². The molecule has 4 nitrogen and oxygen atoms in total. The molecule has 6 heteroatoms. The van der Waals surface area contributed by atoms with Gasteiger partial charge in [-0.25, -0.2) is 0 Å². The molecule has 1 aliphatic heterocycles. The summed E-state index contributed by atoms with van der Waals surface area (Å²) in [6.07, 6.45) is 13.8. The maximum atomic E-state index is 10.4. The zero-order chi connectivity index (χ0) is 25.6. The van der Waals surface area contributed by atoms with Gasteiger partial charge in [0.15, 0.2) is 16.6 Å². The third-order valence-electron chi connectivity index (χ3n) is 7.45. The van der Waals surface area contributed by atoms with Crippen LogP contribution in [0.3, 0.4) is 0 Å². The van der Waals surface area contributed by atoms with Gasteiger partial charge in [0.1, 0.15) is 18.0 Å². The number of unbranched alkanes of at least 4 members (excludes halogenated alkanes) is 2. The zero-order valence-corrected chi connectivity index (χ0v) is 25.2. The van der Waals surface area contributed by atoms with Crippen molar-refractivity contribution in [1.29, 1.82) is 0 Å². The average molecular weight is 495 g/mol. The minimum atomic E-state index is -1.87. The van der Waals surface area contributed by atoms with Crippen LogP contribution in [-0.4, -0.2) is 47.8 Å². The molecule has 0 amide bonds. The van der Waals surface area contributed by atoms with E-state index >= 15 is 0 Å². The number of carbonyl (C=O) groups is 1. The summed E-state index contributed by atoms with van der Waals surface area (Å²) in [5.41, 5.74) is 0.724. The van der Waals surface area contributed by atoms with Crippen LogP contribution in [0.2, 0.25) is 36.3 Å². The molecule has 0 saturated heterocycles. The van der Waals surface area contributed by atoms with Crippen molar-refractivity contribution in [1.82, 2.24) is 0 Å². The predicted octanol–water partition coefficient (Wildman–Crippen LogP) is 7.60. The molecule has 1 rings (SSSR count). The molecule has 0 unspecified atom stereocenters. The Balaban J connectivity index is 2.93. The van der Waals surface area contributed by atoms with Gasteiger partial charge in [-0.3, -0.25) is 4.79 Å². The fourth-order valence-electron chi connectivity index (χ4n) is 3.00. The normalized spacial score (nSPS) is 23.0. The van der Waals surface area contributed by atoms with Gasteiger partial charge < -0.3 is 13.6 Å². The molecule has 1 heterocycles. The SMILES string of the molecule is CC(C)(C)[Si](C)(C)OC[C@H]1O[C@@](C)(CO[Si](C)(C)C(C)(C)C)C=C1/C=C\CCC/C=C/C=O. The van der Waals surface area contributed by atoms with Gasteiger partial charge in [0, 0.05) is 0 Å². The molecule has 0 saturated carbocycles. The van der Waals surface area contributed by atoms with Gasteiger partial charge in [-0.1, -0.05) is 59.8 Å². The van der Waals surface area contributed by atoms with Crippen molar-refractivity contribution >= 4 is 22.9 Å². The van der Waals surface area contributed by atoms with E-state index in [2.05, 4.69) is 92.9 Å². The summed E-state index contributed by atoms with van der Waals surface area (Å²) >= 11 is 0. The van der Waals surface area contributed by atoms with Gasteiger partial charge in [0.2, 0.25) is 0 Å². The number of allylic oxidation sites excluding steroid dienone is 3. The molecule has 0 spiro atoms. The molecule has 0 aromatic rings. The number of hydrogen-bond donors (Lipinski definition) is 0. The smallest absolute Gasteiger partial charge is 0.192 e. The molecule has 0 N–H and O–H groups in total. The van der Waals surface area contributed by atoms with Crippen molar-refractivity contribution in [3.63, 3.8) is 0 Å². The first kappa shape index (κ1) is 30.2. The van der Waals surface area contributed by atoms with Crippen LogP contribution in [0, 0.1) is 0 Å². The van der Waals surface area contributed by atoms with E-state index in [1.807, 2.05) is 6.08 Å². The second-order valence-electron chi connectivity index (χ2n) is 12.6. The summed E-state index contributed by atoms with van der Waals surface area (Å²) in [6.45, 7) is 26.0.